The van der Waals surface area contributed by atoms with Crippen LogP contribution >= 0.6 is 15.9 Å². The molecule has 2 amide bonds. The molecule has 0 fully saturated rings. The maximum absolute atomic E-state index is 12.5. The van der Waals surface area contributed by atoms with Gasteiger partial charge >= 0.3 is 0 Å². The predicted molar refractivity (Wildman–Crippen MR) is 111 cm³/mol. The quantitative estimate of drug-likeness (QED) is 0.628. The van der Waals surface area contributed by atoms with Crippen molar-refractivity contribution >= 4 is 27.7 Å². The van der Waals surface area contributed by atoms with Gasteiger partial charge in [-0.1, -0.05) is 35.8 Å². The van der Waals surface area contributed by atoms with Crippen LogP contribution in [0.25, 0.3) is 0 Å². The van der Waals surface area contributed by atoms with Gasteiger partial charge in [0.2, 0.25) is 0 Å². The van der Waals surface area contributed by atoms with E-state index in [-0.39, 0.29) is 6.61 Å². The standard InChI is InChI=1S/C21H25BrN2O4/c1-13(2)11-28-19-6-5-16(22)10-18(19)21(26)24-23-20(25)12-27-17-8-14(3)7-15(4)9-17/h5-10,13H,11-12H2,1-4H3,(H,23,25)(H,24,26). The second-order valence-electron chi connectivity index (χ2n) is 6.96. The summed E-state index contributed by atoms with van der Waals surface area (Å²) in [6.07, 6.45) is 0. The van der Waals surface area contributed by atoms with Gasteiger partial charge in [0.1, 0.15) is 11.5 Å². The van der Waals surface area contributed by atoms with Crippen LogP contribution in [0.5, 0.6) is 11.5 Å². The van der Waals surface area contributed by atoms with E-state index in [4.69, 9.17) is 9.47 Å². The van der Waals surface area contributed by atoms with E-state index in [1.165, 1.54) is 0 Å². The molecule has 0 unspecified atom stereocenters. The Balaban J connectivity index is 1.92. The monoisotopic (exact) mass is 448 g/mol. The van der Waals surface area contributed by atoms with Crippen LogP contribution in [-0.2, 0) is 4.79 Å². The topological polar surface area (TPSA) is 76.7 Å². The smallest absolute Gasteiger partial charge is 0.276 e. The average molecular weight is 449 g/mol. The molecule has 0 radical (unpaired) electrons. The number of nitrogens with one attached hydrogen (secondary N) is 2. The molecule has 0 spiro atoms. The first-order valence-corrected chi connectivity index (χ1v) is 9.76. The van der Waals surface area contributed by atoms with Crippen LogP contribution in [0.15, 0.2) is 40.9 Å². The summed E-state index contributed by atoms with van der Waals surface area (Å²) >= 11 is 3.34. The Morgan fingerprint density at radius 1 is 1.00 bits per heavy atom. The number of aryl methyl sites for hydroxylation is 2. The van der Waals surface area contributed by atoms with Crippen molar-refractivity contribution in [3.8, 4) is 11.5 Å². The van der Waals surface area contributed by atoms with E-state index < -0.39 is 11.8 Å². The van der Waals surface area contributed by atoms with Gasteiger partial charge in [0.05, 0.1) is 12.2 Å². The van der Waals surface area contributed by atoms with Crippen molar-refractivity contribution in [2.45, 2.75) is 27.7 Å². The number of carbonyl (C=O) groups is 2. The first kappa shape index (κ1) is 21.8. The molecule has 0 aliphatic rings. The molecule has 0 saturated heterocycles. The molecule has 2 N–H and O–H groups in total. The number of ether oxygens (including phenoxy) is 2. The lowest BCUT2D eigenvalue weighted by atomic mass is 10.1. The van der Waals surface area contributed by atoms with Gasteiger partial charge in [0.15, 0.2) is 6.61 Å². The molecule has 0 bridgehead atoms. The van der Waals surface area contributed by atoms with E-state index in [1.807, 2.05) is 45.9 Å². The van der Waals surface area contributed by atoms with Crippen LogP contribution in [0.4, 0.5) is 0 Å². The van der Waals surface area contributed by atoms with Crippen molar-refractivity contribution in [1.82, 2.24) is 10.9 Å². The first-order valence-electron chi connectivity index (χ1n) is 8.97. The molecule has 0 atom stereocenters. The number of halogens is 1. The summed E-state index contributed by atoms with van der Waals surface area (Å²) in [5.74, 6) is 0.444. The van der Waals surface area contributed by atoms with Gasteiger partial charge in [-0.2, -0.15) is 0 Å². The fourth-order valence-corrected chi connectivity index (χ4v) is 2.82. The van der Waals surface area contributed by atoms with E-state index in [0.29, 0.717) is 29.6 Å². The third-order valence-corrected chi connectivity index (χ3v) is 4.13. The predicted octanol–water partition coefficient (Wildman–Crippen LogP) is 3.94. The molecule has 7 heteroatoms. The second-order valence-corrected chi connectivity index (χ2v) is 7.88. The number of benzene rings is 2. The lowest BCUT2D eigenvalue weighted by molar-refractivity contribution is -0.123. The van der Waals surface area contributed by atoms with Gasteiger partial charge < -0.3 is 9.47 Å². The van der Waals surface area contributed by atoms with Gasteiger partial charge in [0.25, 0.3) is 11.8 Å². The molecule has 2 aromatic rings. The third-order valence-electron chi connectivity index (χ3n) is 3.64. The Kier molecular flexibility index (Phi) is 7.87. The van der Waals surface area contributed by atoms with Crippen LogP contribution in [0.3, 0.4) is 0 Å². The molecule has 6 nitrogen and oxygen atoms in total. The summed E-state index contributed by atoms with van der Waals surface area (Å²) < 4.78 is 11.9. The normalized spacial score (nSPS) is 10.5. The van der Waals surface area contributed by atoms with Crippen molar-refractivity contribution in [2.24, 2.45) is 5.92 Å². The Morgan fingerprint density at radius 2 is 1.68 bits per heavy atom. The SMILES string of the molecule is Cc1cc(C)cc(OCC(=O)NNC(=O)c2cc(Br)ccc2OCC(C)C)c1. The van der Waals surface area contributed by atoms with Crippen LogP contribution in [0, 0.1) is 19.8 Å². The fraction of sp³-hybridized carbons (Fsp3) is 0.333. The zero-order valence-corrected chi connectivity index (χ0v) is 18.1. The highest BCUT2D eigenvalue weighted by Crippen LogP contribution is 2.23. The minimum absolute atomic E-state index is 0.210. The van der Waals surface area contributed by atoms with Crippen LogP contribution in [0.1, 0.15) is 35.3 Å². The zero-order chi connectivity index (χ0) is 20.7. The van der Waals surface area contributed by atoms with E-state index in [0.717, 1.165) is 15.6 Å². The third kappa shape index (κ3) is 6.88. The Hall–Kier alpha value is -2.54. The molecule has 150 valence electrons. The van der Waals surface area contributed by atoms with Crippen molar-refractivity contribution in [3.05, 3.63) is 57.6 Å². The van der Waals surface area contributed by atoms with Gasteiger partial charge in [-0.3, -0.25) is 20.4 Å². The maximum Gasteiger partial charge on any atom is 0.276 e. The molecule has 0 aromatic heterocycles. The maximum atomic E-state index is 12.5. The number of amides is 2. The summed E-state index contributed by atoms with van der Waals surface area (Å²) in [5, 5.41) is 0. The molecule has 2 rings (SSSR count). The van der Waals surface area contributed by atoms with Crippen molar-refractivity contribution in [1.29, 1.82) is 0 Å². The molecule has 28 heavy (non-hydrogen) atoms. The Labute approximate surface area is 173 Å². The van der Waals surface area contributed by atoms with Gasteiger partial charge in [-0.15, -0.1) is 0 Å². The average Bonchev–Trinajstić information content (AvgIpc) is 2.62. The van der Waals surface area contributed by atoms with Gasteiger partial charge in [0, 0.05) is 4.47 Å². The van der Waals surface area contributed by atoms with Crippen molar-refractivity contribution in [2.75, 3.05) is 13.2 Å². The lowest BCUT2D eigenvalue weighted by Crippen LogP contribution is -2.44. The molecule has 0 saturated carbocycles. The van der Waals surface area contributed by atoms with Crippen molar-refractivity contribution in [3.63, 3.8) is 0 Å². The molecule has 2 aromatic carbocycles. The number of hydrogen-bond acceptors (Lipinski definition) is 4. The van der Waals surface area contributed by atoms with Crippen LogP contribution < -0.4 is 20.3 Å². The largest absolute Gasteiger partial charge is 0.492 e. The molecule has 0 heterocycles. The number of rotatable bonds is 7. The van der Waals surface area contributed by atoms with E-state index in [2.05, 4.69) is 26.8 Å². The van der Waals surface area contributed by atoms with Gasteiger partial charge in [-0.05, 0) is 61.2 Å². The van der Waals surface area contributed by atoms with Crippen LogP contribution in [0.2, 0.25) is 0 Å². The van der Waals surface area contributed by atoms with Gasteiger partial charge in [-0.25, -0.2) is 0 Å². The Morgan fingerprint density at radius 3 is 2.32 bits per heavy atom. The fourth-order valence-electron chi connectivity index (χ4n) is 2.46. The number of hydrazine groups is 1. The highest BCUT2D eigenvalue weighted by molar-refractivity contribution is 9.10. The van der Waals surface area contributed by atoms with E-state index >= 15 is 0 Å². The number of hydrogen-bond donors (Lipinski definition) is 2. The summed E-state index contributed by atoms with van der Waals surface area (Å²) in [6.45, 7) is 8.23. The highest BCUT2D eigenvalue weighted by atomic mass is 79.9. The molecule has 0 aliphatic heterocycles. The summed E-state index contributed by atoms with van der Waals surface area (Å²) in [5.41, 5.74) is 7.17. The first-order chi connectivity index (χ1) is 13.2. The van der Waals surface area contributed by atoms with E-state index in [9.17, 15) is 9.59 Å². The summed E-state index contributed by atoms with van der Waals surface area (Å²) in [7, 11) is 0. The molecular weight excluding hydrogens is 424 g/mol. The minimum Gasteiger partial charge on any atom is -0.492 e. The Bertz CT molecular complexity index is 832. The lowest BCUT2D eigenvalue weighted by Gasteiger charge is -2.14. The molecular formula is C21H25BrN2O4. The zero-order valence-electron chi connectivity index (χ0n) is 16.5. The summed E-state index contributed by atoms with van der Waals surface area (Å²) in [4.78, 5) is 24.5. The second kappa shape index (κ2) is 10.1. The highest BCUT2D eigenvalue weighted by Gasteiger charge is 2.15. The minimum atomic E-state index is -0.472. The van der Waals surface area contributed by atoms with Crippen molar-refractivity contribution < 1.29 is 19.1 Å². The summed E-state index contributed by atoms with van der Waals surface area (Å²) in [6, 6.07) is 10.9. The van der Waals surface area contributed by atoms with E-state index in [1.54, 1.807) is 18.2 Å². The van der Waals surface area contributed by atoms with Crippen LogP contribution in [-0.4, -0.2) is 25.0 Å². The number of carbonyl (C=O) groups excluding carboxylic acids is 2. The molecule has 0 aliphatic carbocycles.